The maximum atomic E-state index is 12.9. The van der Waals surface area contributed by atoms with E-state index in [1.807, 2.05) is 30.3 Å². The van der Waals surface area contributed by atoms with E-state index in [0.29, 0.717) is 30.2 Å². The maximum absolute atomic E-state index is 12.9. The summed E-state index contributed by atoms with van der Waals surface area (Å²) in [5, 5.41) is 3.99. The van der Waals surface area contributed by atoms with Crippen molar-refractivity contribution in [1.82, 2.24) is 15.0 Å². The Morgan fingerprint density at radius 2 is 2.03 bits per heavy atom. The highest BCUT2D eigenvalue weighted by Crippen LogP contribution is 2.23. The number of hydrogen-bond acceptors (Lipinski definition) is 6. The number of carbonyl (C=O) groups excluding carboxylic acids is 2. The molecule has 8 heteroatoms. The van der Waals surface area contributed by atoms with Gasteiger partial charge in [-0.05, 0) is 48.9 Å². The van der Waals surface area contributed by atoms with Crippen LogP contribution in [0.15, 0.2) is 53.1 Å². The first-order valence-corrected chi connectivity index (χ1v) is 9.68. The van der Waals surface area contributed by atoms with Gasteiger partial charge in [0, 0.05) is 36.8 Å². The molecule has 1 aliphatic heterocycles. The normalized spacial score (nSPS) is 13.5. The molecular formula is C22H22N4O4. The standard InChI is InChI=1S/C22H22N4O4/c1-25(14-19-23-21(24-30-19)15-8-10-18(29-2)11-9-15)22(28)16-5-3-6-17(13-16)26-12-4-7-20(26)27/h3,5-6,8-11,13H,4,7,12,14H2,1-2H3. The number of carbonyl (C=O) groups is 2. The van der Waals surface area contributed by atoms with Crippen LogP contribution in [0.25, 0.3) is 11.4 Å². The van der Waals surface area contributed by atoms with Gasteiger partial charge < -0.3 is 19.1 Å². The first-order valence-electron chi connectivity index (χ1n) is 9.68. The van der Waals surface area contributed by atoms with Crippen LogP contribution < -0.4 is 9.64 Å². The molecule has 154 valence electrons. The van der Waals surface area contributed by atoms with Gasteiger partial charge in [0.1, 0.15) is 5.75 Å². The Kier molecular flexibility index (Phi) is 5.47. The molecule has 2 heterocycles. The van der Waals surface area contributed by atoms with Crippen molar-refractivity contribution in [2.24, 2.45) is 0 Å². The number of benzene rings is 2. The molecule has 2 aromatic carbocycles. The minimum Gasteiger partial charge on any atom is -0.497 e. The van der Waals surface area contributed by atoms with Crippen LogP contribution in [0.3, 0.4) is 0 Å². The average molecular weight is 406 g/mol. The van der Waals surface area contributed by atoms with Gasteiger partial charge in [0.25, 0.3) is 5.91 Å². The van der Waals surface area contributed by atoms with E-state index in [4.69, 9.17) is 9.26 Å². The van der Waals surface area contributed by atoms with E-state index in [9.17, 15) is 9.59 Å². The van der Waals surface area contributed by atoms with Crippen molar-refractivity contribution >= 4 is 17.5 Å². The predicted molar refractivity (Wildman–Crippen MR) is 110 cm³/mol. The highest BCUT2D eigenvalue weighted by molar-refractivity contribution is 5.98. The monoisotopic (exact) mass is 406 g/mol. The molecule has 0 unspecified atom stereocenters. The molecule has 0 bridgehead atoms. The van der Waals surface area contributed by atoms with Gasteiger partial charge >= 0.3 is 0 Å². The van der Waals surface area contributed by atoms with Gasteiger partial charge in [-0.1, -0.05) is 11.2 Å². The summed E-state index contributed by atoms with van der Waals surface area (Å²) in [6.45, 7) is 0.858. The smallest absolute Gasteiger partial charge is 0.254 e. The minimum absolute atomic E-state index is 0.0878. The third-order valence-corrected chi connectivity index (χ3v) is 5.01. The van der Waals surface area contributed by atoms with Crippen molar-refractivity contribution in [3.8, 4) is 17.1 Å². The molecule has 0 aliphatic carbocycles. The Morgan fingerprint density at radius 1 is 1.23 bits per heavy atom. The van der Waals surface area contributed by atoms with Gasteiger partial charge in [-0.3, -0.25) is 9.59 Å². The lowest BCUT2D eigenvalue weighted by atomic mass is 10.1. The predicted octanol–water partition coefficient (Wildman–Crippen LogP) is 3.14. The second-order valence-electron chi connectivity index (χ2n) is 7.10. The SMILES string of the molecule is COc1ccc(-c2noc(CN(C)C(=O)c3cccc(N4CCCC4=O)c3)n2)cc1. The largest absolute Gasteiger partial charge is 0.497 e. The summed E-state index contributed by atoms with van der Waals surface area (Å²) in [7, 11) is 3.28. The van der Waals surface area contributed by atoms with Crippen LogP contribution in [0.5, 0.6) is 5.75 Å². The lowest BCUT2D eigenvalue weighted by Crippen LogP contribution is -2.27. The van der Waals surface area contributed by atoms with Crippen molar-refractivity contribution in [2.45, 2.75) is 19.4 Å². The third kappa shape index (κ3) is 4.03. The van der Waals surface area contributed by atoms with Gasteiger partial charge in [0.2, 0.25) is 17.6 Å². The van der Waals surface area contributed by atoms with E-state index >= 15 is 0 Å². The number of nitrogens with zero attached hydrogens (tertiary/aromatic N) is 4. The van der Waals surface area contributed by atoms with Crippen molar-refractivity contribution in [2.75, 3.05) is 25.6 Å². The second-order valence-corrected chi connectivity index (χ2v) is 7.10. The lowest BCUT2D eigenvalue weighted by Gasteiger charge is -2.18. The Bertz CT molecular complexity index is 1060. The number of anilines is 1. The number of aromatic nitrogens is 2. The number of methoxy groups -OCH3 is 1. The zero-order chi connectivity index (χ0) is 21.1. The molecule has 0 atom stereocenters. The van der Waals surface area contributed by atoms with Gasteiger partial charge in [-0.25, -0.2) is 0 Å². The zero-order valence-electron chi connectivity index (χ0n) is 16.9. The molecule has 0 radical (unpaired) electrons. The Labute approximate surface area is 174 Å². The van der Waals surface area contributed by atoms with Crippen LogP contribution in [0.2, 0.25) is 0 Å². The average Bonchev–Trinajstić information content (AvgIpc) is 3.42. The van der Waals surface area contributed by atoms with Gasteiger partial charge in [-0.2, -0.15) is 4.98 Å². The highest BCUT2D eigenvalue weighted by Gasteiger charge is 2.23. The molecule has 30 heavy (non-hydrogen) atoms. The molecule has 1 saturated heterocycles. The van der Waals surface area contributed by atoms with E-state index in [1.54, 1.807) is 37.3 Å². The fourth-order valence-corrected chi connectivity index (χ4v) is 3.40. The van der Waals surface area contributed by atoms with E-state index in [0.717, 1.165) is 23.4 Å². The summed E-state index contributed by atoms with van der Waals surface area (Å²) in [5.74, 6) is 1.42. The summed E-state index contributed by atoms with van der Waals surface area (Å²) >= 11 is 0. The summed E-state index contributed by atoms with van der Waals surface area (Å²) < 4.78 is 10.5. The highest BCUT2D eigenvalue weighted by atomic mass is 16.5. The summed E-state index contributed by atoms with van der Waals surface area (Å²) in [6, 6.07) is 14.4. The van der Waals surface area contributed by atoms with E-state index in [1.165, 1.54) is 4.90 Å². The third-order valence-electron chi connectivity index (χ3n) is 5.01. The Balaban J connectivity index is 1.45. The van der Waals surface area contributed by atoms with Gasteiger partial charge in [-0.15, -0.1) is 0 Å². The van der Waals surface area contributed by atoms with Crippen molar-refractivity contribution < 1.29 is 18.8 Å². The molecule has 8 nitrogen and oxygen atoms in total. The fourth-order valence-electron chi connectivity index (χ4n) is 3.40. The summed E-state index contributed by atoms with van der Waals surface area (Å²) in [6.07, 6.45) is 1.39. The number of amides is 2. The molecule has 1 aliphatic rings. The summed E-state index contributed by atoms with van der Waals surface area (Å²) in [4.78, 5) is 32.5. The first kappa shape index (κ1) is 19.6. The van der Waals surface area contributed by atoms with Gasteiger partial charge in [0.15, 0.2) is 0 Å². The van der Waals surface area contributed by atoms with E-state index in [-0.39, 0.29) is 18.4 Å². The van der Waals surface area contributed by atoms with E-state index in [2.05, 4.69) is 10.1 Å². The fraction of sp³-hybridized carbons (Fsp3) is 0.273. The molecule has 1 aromatic heterocycles. The number of ether oxygens (including phenoxy) is 1. The van der Waals surface area contributed by atoms with Crippen LogP contribution in [0.1, 0.15) is 29.1 Å². The topological polar surface area (TPSA) is 88.8 Å². The van der Waals surface area contributed by atoms with Crippen LogP contribution in [-0.4, -0.2) is 47.6 Å². The summed E-state index contributed by atoms with van der Waals surface area (Å²) in [5.41, 5.74) is 2.05. The molecule has 2 amide bonds. The quantitative estimate of drug-likeness (QED) is 0.625. The zero-order valence-corrected chi connectivity index (χ0v) is 16.9. The molecule has 0 N–H and O–H groups in total. The molecule has 3 aromatic rings. The Morgan fingerprint density at radius 3 is 2.73 bits per heavy atom. The molecular weight excluding hydrogens is 384 g/mol. The second kappa shape index (κ2) is 8.36. The van der Waals surface area contributed by atoms with Crippen molar-refractivity contribution in [1.29, 1.82) is 0 Å². The van der Waals surface area contributed by atoms with Crippen molar-refractivity contribution in [3.05, 3.63) is 60.0 Å². The first-order chi connectivity index (χ1) is 14.5. The minimum atomic E-state index is -0.187. The van der Waals surface area contributed by atoms with Crippen LogP contribution in [0, 0.1) is 0 Å². The van der Waals surface area contributed by atoms with Crippen LogP contribution in [0.4, 0.5) is 5.69 Å². The Hall–Kier alpha value is -3.68. The molecule has 0 saturated carbocycles. The molecule has 0 spiro atoms. The maximum Gasteiger partial charge on any atom is 0.254 e. The molecule has 4 rings (SSSR count). The number of rotatable bonds is 6. The number of hydrogen-bond donors (Lipinski definition) is 0. The van der Waals surface area contributed by atoms with E-state index < -0.39 is 0 Å². The van der Waals surface area contributed by atoms with Crippen molar-refractivity contribution in [3.63, 3.8) is 0 Å². The lowest BCUT2D eigenvalue weighted by molar-refractivity contribution is -0.117. The van der Waals surface area contributed by atoms with Crippen LogP contribution in [-0.2, 0) is 11.3 Å². The van der Waals surface area contributed by atoms with Crippen LogP contribution >= 0.6 is 0 Å². The van der Waals surface area contributed by atoms with Gasteiger partial charge in [0.05, 0.1) is 13.7 Å². The molecule has 1 fully saturated rings.